The predicted molar refractivity (Wildman–Crippen MR) is 86.4 cm³/mol. The van der Waals surface area contributed by atoms with E-state index in [1.807, 2.05) is 6.92 Å². The Kier molecular flexibility index (Phi) is 8.22. The summed E-state index contributed by atoms with van der Waals surface area (Å²) in [7, 11) is 4.30. The van der Waals surface area contributed by atoms with E-state index in [1.165, 1.54) is 0 Å². The third-order valence-electron chi connectivity index (χ3n) is 4.26. The van der Waals surface area contributed by atoms with Crippen molar-refractivity contribution in [2.45, 2.75) is 45.7 Å². The molecule has 3 unspecified atom stereocenters. The van der Waals surface area contributed by atoms with E-state index in [4.69, 9.17) is 4.74 Å². The van der Waals surface area contributed by atoms with Crippen LogP contribution in [0.1, 0.15) is 33.6 Å². The Balaban J connectivity index is 2.44. The topological polar surface area (TPSA) is 44.8 Å². The Bertz CT molecular complexity index is 310. The van der Waals surface area contributed by atoms with Crippen molar-refractivity contribution < 1.29 is 9.53 Å². The number of hydrogen-bond donors (Lipinski definition) is 1. The minimum absolute atomic E-state index is 0.109. The van der Waals surface area contributed by atoms with Gasteiger partial charge in [-0.1, -0.05) is 13.8 Å². The molecule has 0 aromatic rings. The van der Waals surface area contributed by atoms with E-state index in [-0.39, 0.29) is 12.0 Å². The summed E-state index contributed by atoms with van der Waals surface area (Å²) in [5.74, 6) is 0.576. The first kappa shape index (κ1) is 18.4. The monoisotopic (exact) mass is 299 g/mol. The number of nitrogens with one attached hydrogen (secondary N) is 1. The van der Waals surface area contributed by atoms with Crippen molar-refractivity contribution in [3.8, 4) is 0 Å². The van der Waals surface area contributed by atoms with Crippen molar-refractivity contribution in [3.05, 3.63) is 0 Å². The number of likely N-dealkylation sites (tertiary alicyclic amines) is 1. The van der Waals surface area contributed by atoms with Gasteiger partial charge in [0, 0.05) is 25.7 Å². The molecule has 5 heteroatoms. The van der Waals surface area contributed by atoms with Crippen LogP contribution in [0.25, 0.3) is 0 Å². The first-order chi connectivity index (χ1) is 9.99. The quantitative estimate of drug-likeness (QED) is 0.648. The van der Waals surface area contributed by atoms with Crippen molar-refractivity contribution in [1.29, 1.82) is 0 Å². The van der Waals surface area contributed by atoms with Gasteiger partial charge < -0.3 is 19.9 Å². The van der Waals surface area contributed by atoms with Crippen LogP contribution in [-0.4, -0.2) is 74.7 Å². The zero-order valence-electron chi connectivity index (χ0n) is 14.4. The molecule has 0 aromatic carbocycles. The minimum atomic E-state index is -0.168. The maximum absolute atomic E-state index is 12.0. The molecule has 1 heterocycles. The largest absolute Gasteiger partial charge is 0.465 e. The summed E-state index contributed by atoms with van der Waals surface area (Å²) < 4.78 is 5.17. The number of carbonyl (C=O) groups excluding carboxylic acids is 1. The summed E-state index contributed by atoms with van der Waals surface area (Å²) in [6.45, 7) is 10.8. The van der Waals surface area contributed by atoms with Gasteiger partial charge >= 0.3 is 5.97 Å². The Hall–Kier alpha value is -0.650. The Labute approximate surface area is 130 Å². The summed E-state index contributed by atoms with van der Waals surface area (Å²) >= 11 is 0. The van der Waals surface area contributed by atoms with E-state index in [0.717, 1.165) is 39.0 Å². The number of carbonyl (C=O) groups is 1. The molecule has 1 aliphatic heterocycles. The fourth-order valence-electron chi connectivity index (χ4n) is 3.08. The van der Waals surface area contributed by atoms with Crippen LogP contribution >= 0.6 is 0 Å². The van der Waals surface area contributed by atoms with Gasteiger partial charge in [-0.2, -0.15) is 0 Å². The molecule has 1 N–H and O–H groups in total. The molecule has 1 fully saturated rings. The lowest BCUT2D eigenvalue weighted by molar-refractivity contribution is -0.145. The van der Waals surface area contributed by atoms with Gasteiger partial charge in [-0.25, -0.2) is 0 Å². The lowest BCUT2D eigenvalue weighted by Gasteiger charge is -2.23. The predicted octanol–water partition coefficient (Wildman–Crippen LogP) is 1.19. The lowest BCUT2D eigenvalue weighted by Crippen LogP contribution is -2.41. The average molecular weight is 299 g/mol. The molecule has 0 spiro atoms. The number of hydrogen-bond acceptors (Lipinski definition) is 5. The van der Waals surface area contributed by atoms with Gasteiger partial charge in [0.05, 0.1) is 6.61 Å². The van der Waals surface area contributed by atoms with Crippen molar-refractivity contribution >= 4 is 5.97 Å². The molecule has 3 atom stereocenters. The van der Waals surface area contributed by atoms with Crippen LogP contribution in [0, 0.1) is 5.92 Å². The molecule has 21 heavy (non-hydrogen) atoms. The van der Waals surface area contributed by atoms with Crippen molar-refractivity contribution in [2.24, 2.45) is 5.92 Å². The van der Waals surface area contributed by atoms with Gasteiger partial charge in [-0.05, 0) is 46.3 Å². The highest BCUT2D eigenvalue weighted by Gasteiger charge is 2.31. The second kappa shape index (κ2) is 9.38. The van der Waals surface area contributed by atoms with E-state index < -0.39 is 0 Å². The second-order valence-electron chi connectivity index (χ2n) is 6.32. The van der Waals surface area contributed by atoms with Gasteiger partial charge in [-0.15, -0.1) is 0 Å². The Morgan fingerprint density at radius 1 is 1.38 bits per heavy atom. The smallest absolute Gasteiger partial charge is 0.323 e. The van der Waals surface area contributed by atoms with Crippen LogP contribution in [0.4, 0.5) is 0 Å². The standard InChI is InChI=1S/C16H33N3O2/c1-6-9-17-14(16(20)21-7-2)8-10-19-11-13(3)15(12-19)18(4)5/h13-15,17H,6-12H2,1-5H3. The average Bonchev–Trinajstić information content (AvgIpc) is 2.80. The van der Waals surface area contributed by atoms with Gasteiger partial charge in [-0.3, -0.25) is 4.79 Å². The number of esters is 1. The van der Waals surface area contributed by atoms with Crippen LogP contribution in [-0.2, 0) is 9.53 Å². The van der Waals surface area contributed by atoms with Gasteiger partial charge in [0.15, 0.2) is 0 Å². The summed E-state index contributed by atoms with van der Waals surface area (Å²) in [6, 6.07) is 0.452. The molecule has 1 aliphatic rings. The van der Waals surface area contributed by atoms with Crippen molar-refractivity contribution in [3.63, 3.8) is 0 Å². The number of likely N-dealkylation sites (N-methyl/N-ethyl adjacent to an activating group) is 1. The molecule has 0 radical (unpaired) electrons. The second-order valence-corrected chi connectivity index (χ2v) is 6.32. The van der Waals surface area contributed by atoms with E-state index in [9.17, 15) is 4.79 Å². The third-order valence-corrected chi connectivity index (χ3v) is 4.26. The molecule has 1 saturated heterocycles. The zero-order valence-corrected chi connectivity index (χ0v) is 14.4. The van der Waals surface area contributed by atoms with E-state index >= 15 is 0 Å². The minimum Gasteiger partial charge on any atom is -0.465 e. The van der Waals surface area contributed by atoms with Crippen LogP contribution in [0.2, 0.25) is 0 Å². The molecular weight excluding hydrogens is 266 g/mol. The van der Waals surface area contributed by atoms with Gasteiger partial charge in [0.2, 0.25) is 0 Å². The highest BCUT2D eigenvalue weighted by Crippen LogP contribution is 2.20. The number of ether oxygens (including phenoxy) is 1. The molecule has 0 aliphatic carbocycles. The number of rotatable bonds is 9. The highest BCUT2D eigenvalue weighted by atomic mass is 16.5. The number of nitrogens with zero attached hydrogens (tertiary/aromatic N) is 2. The van der Waals surface area contributed by atoms with Gasteiger partial charge in [0.1, 0.15) is 6.04 Å². The van der Waals surface area contributed by atoms with Crippen LogP contribution in [0.5, 0.6) is 0 Å². The maximum Gasteiger partial charge on any atom is 0.323 e. The van der Waals surface area contributed by atoms with Gasteiger partial charge in [0.25, 0.3) is 0 Å². The molecule has 1 rings (SSSR count). The fourth-order valence-corrected chi connectivity index (χ4v) is 3.08. The molecule has 0 bridgehead atoms. The van der Waals surface area contributed by atoms with E-state index in [0.29, 0.717) is 18.6 Å². The van der Waals surface area contributed by atoms with Crippen LogP contribution < -0.4 is 5.32 Å². The SMILES string of the molecule is CCCNC(CCN1CC(C)C(N(C)C)C1)C(=O)OCC. The summed E-state index contributed by atoms with van der Waals surface area (Å²) in [5, 5.41) is 3.31. The van der Waals surface area contributed by atoms with E-state index in [2.05, 4.69) is 43.1 Å². The maximum atomic E-state index is 12.0. The third kappa shape index (κ3) is 5.93. The fraction of sp³-hybridized carbons (Fsp3) is 0.938. The first-order valence-corrected chi connectivity index (χ1v) is 8.28. The van der Waals surface area contributed by atoms with Crippen LogP contribution in [0.3, 0.4) is 0 Å². The summed E-state index contributed by atoms with van der Waals surface area (Å²) in [5.41, 5.74) is 0. The summed E-state index contributed by atoms with van der Waals surface area (Å²) in [6.07, 6.45) is 1.85. The molecule has 0 aromatic heterocycles. The summed E-state index contributed by atoms with van der Waals surface area (Å²) in [4.78, 5) is 16.8. The Morgan fingerprint density at radius 3 is 2.62 bits per heavy atom. The Morgan fingerprint density at radius 2 is 2.10 bits per heavy atom. The molecule has 5 nitrogen and oxygen atoms in total. The molecule has 124 valence electrons. The van der Waals surface area contributed by atoms with E-state index in [1.54, 1.807) is 0 Å². The van der Waals surface area contributed by atoms with Crippen molar-refractivity contribution in [1.82, 2.24) is 15.1 Å². The molecular formula is C16H33N3O2. The normalized spacial score (nSPS) is 24.5. The highest BCUT2D eigenvalue weighted by molar-refractivity contribution is 5.75. The van der Waals surface area contributed by atoms with Crippen molar-refractivity contribution in [2.75, 3.05) is 46.9 Å². The lowest BCUT2D eigenvalue weighted by atomic mass is 10.1. The van der Waals surface area contributed by atoms with Crippen LogP contribution in [0.15, 0.2) is 0 Å². The zero-order chi connectivity index (χ0) is 15.8. The molecule has 0 saturated carbocycles. The molecule has 0 amide bonds. The first-order valence-electron chi connectivity index (χ1n) is 8.28.